The molecule has 0 radical (unpaired) electrons. The molecule has 1 aliphatic rings. The summed E-state index contributed by atoms with van der Waals surface area (Å²) in [5.41, 5.74) is 4.53. The zero-order valence-corrected chi connectivity index (χ0v) is 18.5. The number of carbonyl (C=O) groups is 1. The maximum Gasteiger partial charge on any atom is 0.243 e. The lowest BCUT2D eigenvalue weighted by Gasteiger charge is -2.30. The van der Waals surface area contributed by atoms with E-state index in [9.17, 15) is 13.2 Å². The van der Waals surface area contributed by atoms with E-state index in [1.54, 1.807) is 18.3 Å². The number of benzene rings is 2. The topological polar surface area (TPSA) is 82.1 Å². The maximum absolute atomic E-state index is 12.7. The van der Waals surface area contributed by atoms with Crippen LogP contribution in [0.3, 0.4) is 0 Å². The molecule has 1 aliphatic heterocycles. The molecule has 1 amide bonds. The van der Waals surface area contributed by atoms with Gasteiger partial charge in [-0.1, -0.05) is 23.7 Å². The summed E-state index contributed by atoms with van der Waals surface area (Å²) >= 11 is 5.84. The fourth-order valence-corrected chi connectivity index (χ4v) is 4.83. The minimum absolute atomic E-state index is 0.195. The number of rotatable bonds is 6. The Kier molecular flexibility index (Phi) is 7.12. The monoisotopic (exact) mass is 448 g/mol. The van der Waals surface area contributed by atoms with E-state index in [1.165, 1.54) is 16.4 Å². The van der Waals surface area contributed by atoms with Crippen LogP contribution in [0.5, 0.6) is 0 Å². The molecule has 1 fully saturated rings. The molecule has 0 bridgehead atoms. The van der Waals surface area contributed by atoms with Gasteiger partial charge >= 0.3 is 0 Å². The molecule has 0 saturated carbocycles. The highest BCUT2D eigenvalue weighted by Gasteiger charge is 2.32. The third-order valence-electron chi connectivity index (χ3n) is 5.07. The highest BCUT2D eigenvalue weighted by molar-refractivity contribution is 7.89. The Morgan fingerprint density at radius 3 is 2.27 bits per heavy atom. The third-order valence-corrected chi connectivity index (χ3v) is 7.24. The van der Waals surface area contributed by atoms with Gasteiger partial charge in [0.05, 0.1) is 11.1 Å². The van der Waals surface area contributed by atoms with Crippen molar-refractivity contribution in [2.45, 2.75) is 17.7 Å². The second kappa shape index (κ2) is 9.59. The van der Waals surface area contributed by atoms with E-state index >= 15 is 0 Å². The Morgan fingerprint density at radius 2 is 1.70 bits per heavy atom. The van der Waals surface area contributed by atoms with Crippen molar-refractivity contribution in [3.05, 3.63) is 59.1 Å². The van der Waals surface area contributed by atoms with Gasteiger partial charge in [-0.15, -0.1) is 0 Å². The number of anilines is 1. The van der Waals surface area contributed by atoms with Crippen LogP contribution in [0.4, 0.5) is 5.69 Å². The van der Waals surface area contributed by atoms with E-state index in [2.05, 4.69) is 10.5 Å². The Hall–Kier alpha value is -2.42. The van der Waals surface area contributed by atoms with Crippen molar-refractivity contribution in [2.75, 3.05) is 32.1 Å². The molecule has 0 aromatic heterocycles. The lowest BCUT2D eigenvalue weighted by atomic mass is 9.98. The number of piperidine rings is 1. The molecule has 1 saturated heterocycles. The smallest absolute Gasteiger partial charge is 0.243 e. The minimum atomic E-state index is -3.58. The average molecular weight is 449 g/mol. The summed E-state index contributed by atoms with van der Waals surface area (Å²) in [7, 11) is 0.354. The lowest BCUT2D eigenvalue weighted by molar-refractivity contribution is -0.126. The van der Waals surface area contributed by atoms with Crippen molar-refractivity contribution in [2.24, 2.45) is 11.0 Å². The van der Waals surface area contributed by atoms with Crippen LogP contribution in [0, 0.1) is 5.92 Å². The molecular formula is C21H25ClN4O3S. The lowest BCUT2D eigenvalue weighted by Crippen LogP contribution is -2.42. The number of halogens is 1. The molecule has 160 valence electrons. The standard InChI is InChI=1S/C21H25ClN4O3S/c1-25(2)19-7-3-16(4-8-19)15-23-24-21(27)17-11-13-26(14-12-17)30(28,29)20-9-5-18(22)6-10-20/h3-10,15,17H,11-14H2,1-2H3,(H,24,27)/b23-15-. The molecular weight excluding hydrogens is 424 g/mol. The summed E-state index contributed by atoms with van der Waals surface area (Å²) in [5.74, 6) is -0.463. The third kappa shape index (κ3) is 5.38. The molecule has 7 nitrogen and oxygen atoms in total. The van der Waals surface area contributed by atoms with Gasteiger partial charge in [-0.25, -0.2) is 13.8 Å². The first kappa shape index (κ1) is 22.3. The van der Waals surface area contributed by atoms with E-state index < -0.39 is 10.0 Å². The summed E-state index contributed by atoms with van der Waals surface area (Å²) in [4.78, 5) is 14.6. The number of sulfonamides is 1. The predicted octanol–water partition coefficient (Wildman–Crippen LogP) is 2.96. The number of hydrazone groups is 1. The number of hydrogen-bond donors (Lipinski definition) is 1. The van der Waals surface area contributed by atoms with Crippen LogP contribution < -0.4 is 10.3 Å². The SMILES string of the molecule is CN(C)c1ccc(/C=N\NC(=O)C2CCN(S(=O)(=O)c3ccc(Cl)cc3)CC2)cc1. The van der Waals surface area contributed by atoms with Crippen LogP contribution in [0.25, 0.3) is 0 Å². The first-order valence-electron chi connectivity index (χ1n) is 9.63. The summed E-state index contributed by atoms with van der Waals surface area (Å²) in [6.07, 6.45) is 2.49. The normalized spacial score (nSPS) is 16.0. The Balaban J connectivity index is 1.52. The predicted molar refractivity (Wildman–Crippen MR) is 119 cm³/mol. The first-order valence-corrected chi connectivity index (χ1v) is 11.5. The van der Waals surface area contributed by atoms with Gasteiger partial charge in [0.15, 0.2) is 0 Å². The molecule has 2 aromatic carbocycles. The van der Waals surface area contributed by atoms with Gasteiger partial charge in [0.1, 0.15) is 0 Å². The van der Waals surface area contributed by atoms with Gasteiger partial charge < -0.3 is 4.90 Å². The van der Waals surface area contributed by atoms with Crippen molar-refractivity contribution in [1.29, 1.82) is 0 Å². The van der Waals surface area contributed by atoms with Crippen molar-refractivity contribution < 1.29 is 13.2 Å². The van der Waals surface area contributed by atoms with E-state index in [4.69, 9.17) is 11.6 Å². The van der Waals surface area contributed by atoms with E-state index in [-0.39, 0.29) is 16.7 Å². The molecule has 1 N–H and O–H groups in total. The second-order valence-electron chi connectivity index (χ2n) is 7.35. The van der Waals surface area contributed by atoms with Crippen LogP contribution in [-0.2, 0) is 14.8 Å². The molecule has 1 heterocycles. The van der Waals surface area contributed by atoms with Gasteiger partial charge in [-0.2, -0.15) is 9.41 Å². The number of hydrogen-bond acceptors (Lipinski definition) is 5. The Morgan fingerprint density at radius 1 is 1.10 bits per heavy atom. The zero-order chi connectivity index (χ0) is 21.7. The quantitative estimate of drug-likeness (QED) is 0.544. The molecule has 30 heavy (non-hydrogen) atoms. The highest BCUT2D eigenvalue weighted by Crippen LogP contribution is 2.24. The Labute approximate surface area is 182 Å². The van der Waals surface area contributed by atoms with Gasteiger partial charge in [0.25, 0.3) is 0 Å². The fourth-order valence-electron chi connectivity index (χ4n) is 3.23. The first-order chi connectivity index (χ1) is 14.3. The van der Waals surface area contributed by atoms with E-state index in [0.29, 0.717) is 31.0 Å². The van der Waals surface area contributed by atoms with Crippen LogP contribution in [-0.4, -0.2) is 52.0 Å². The number of nitrogens with zero attached hydrogens (tertiary/aromatic N) is 3. The number of amides is 1. The molecule has 3 rings (SSSR count). The average Bonchev–Trinajstić information content (AvgIpc) is 2.74. The molecule has 9 heteroatoms. The second-order valence-corrected chi connectivity index (χ2v) is 9.73. The van der Waals surface area contributed by atoms with E-state index in [1.807, 2.05) is 43.3 Å². The van der Waals surface area contributed by atoms with Crippen LogP contribution >= 0.6 is 11.6 Å². The molecule has 0 aliphatic carbocycles. The van der Waals surface area contributed by atoms with Crippen molar-refractivity contribution in [1.82, 2.24) is 9.73 Å². The minimum Gasteiger partial charge on any atom is -0.378 e. The van der Waals surface area contributed by atoms with Crippen molar-refractivity contribution in [3.8, 4) is 0 Å². The molecule has 0 spiro atoms. The summed E-state index contributed by atoms with van der Waals surface area (Å²) in [6, 6.07) is 13.9. The van der Waals surface area contributed by atoms with E-state index in [0.717, 1.165) is 11.3 Å². The maximum atomic E-state index is 12.7. The van der Waals surface area contributed by atoms with Gasteiger partial charge in [-0.3, -0.25) is 4.79 Å². The molecule has 0 atom stereocenters. The Bertz CT molecular complexity index is 998. The van der Waals surface area contributed by atoms with Gasteiger partial charge in [0, 0.05) is 43.8 Å². The zero-order valence-electron chi connectivity index (χ0n) is 17.0. The van der Waals surface area contributed by atoms with Crippen molar-refractivity contribution in [3.63, 3.8) is 0 Å². The van der Waals surface area contributed by atoms with Crippen molar-refractivity contribution >= 4 is 39.4 Å². The number of carbonyl (C=O) groups excluding carboxylic acids is 1. The fraction of sp³-hybridized carbons (Fsp3) is 0.333. The number of nitrogens with one attached hydrogen (secondary N) is 1. The van der Waals surface area contributed by atoms with Crippen LogP contribution in [0.15, 0.2) is 58.5 Å². The largest absolute Gasteiger partial charge is 0.378 e. The summed E-state index contributed by atoms with van der Waals surface area (Å²) < 4.78 is 26.9. The van der Waals surface area contributed by atoms with Gasteiger partial charge in [0.2, 0.25) is 15.9 Å². The van der Waals surface area contributed by atoms with Crippen LogP contribution in [0.2, 0.25) is 5.02 Å². The molecule has 2 aromatic rings. The summed E-state index contributed by atoms with van der Waals surface area (Å²) in [5, 5.41) is 4.52. The van der Waals surface area contributed by atoms with Crippen LogP contribution in [0.1, 0.15) is 18.4 Å². The molecule has 0 unspecified atom stereocenters. The van der Waals surface area contributed by atoms with Gasteiger partial charge in [-0.05, 0) is 54.8 Å². The summed E-state index contributed by atoms with van der Waals surface area (Å²) in [6.45, 7) is 0.581. The highest BCUT2D eigenvalue weighted by atomic mass is 35.5.